The van der Waals surface area contributed by atoms with Crippen molar-refractivity contribution in [2.24, 2.45) is 0 Å². The number of aromatic nitrogens is 1. The normalized spacial score (nSPS) is 16.6. The predicted molar refractivity (Wildman–Crippen MR) is 59.0 cm³/mol. The van der Waals surface area contributed by atoms with Gasteiger partial charge in [-0.15, -0.1) is 0 Å². The van der Waals surface area contributed by atoms with Crippen molar-refractivity contribution in [3.63, 3.8) is 0 Å². The largest absolute Gasteiger partial charge is 0.348 e. The quantitative estimate of drug-likeness (QED) is 0.838. The number of carbonyl (C=O) groups excluding carboxylic acids is 1. The lowest BCUT2D eigenvalue weighted by molar-refractivity contribution is 0.0933. The SMILES string of the molecule is O=C(NC1CCCC1)c1ccc(Cl)cn1. The first-order valence-electron chi connectivity index (χ1n) is 5.18. The van der Waals surface area contributed by atoms with E-state index >= 15 is 0 Å². The summed E-state index contributed by atoms with van der Waals surface area (Å²) in [5, 5.41) is 3.52. The zero-order valence-corrected chi connectivity index (χ0v) is 9.13. The Morgan fingerprint density at radius 2 is 2.13 bits per heavy atom. The molecule has 0 atom stereocenters. The maximum atomic E-state index is 11.7. The second-order valence-electron chi connectivity index (χ2n) is 3.82. The van der Waals surface area contributed by atoms with Gasteiger partial charge in [-0.1, -0.05) is 24.4 Å². The minimum atomic E-state index is -0.0985. The molecule has 0 aliphatic heterocycles. The Labute approximate surface area is 93.8 Å². The molecule has 0 radical (unpaired) electrons. The smallest absolute Gasteiger partial charge is 0.270 e. The number of hydrogen-bond donors (Lipinski definition) is 1. The predicted octanol–water partition coefficient (Wildman–Crippen LogP) is 2.41. The van der Waals surface area contributed by atoms with Crippen molar-refractivity contribution in [1.29, 1.82) is 0 Å². The van der Waals surface area contributed by atoms with Crippen molar-refractivity contribution in [3.8, 4) is 0 Å². The summed E-state index contributed by atoms with van der Waals surface area (Å²) < 4.78 is 0. The lowest BCUT2D eigenvalue weighted by Gasteiger charge is -2.10. The molecule has 0 aromatic carbocycles. The van der Waals surface area contributed by atoms with Crippen LogP contribution in [0.15, 0.2) is 18.3 Å². The zero-order chi connectivity index (χ0) is 10.7. The number of rotatable bonds is 2. The highest BCUT2D eigenvalue weighted by molar-refractivity contribution is 6.30. The molecule has 1 aromatic rings. The number of nitrogens with zero attached hydrogens (tertiary/aromatic N) is 1. The van der Waals surface area contributed by atoms with Crippen molar-refractivity contribution < 1.29 is 4.79 Å². The van der Waals surface area contributed by atoms with E-state index in [0.29, 0.717) is 16.8 Å². The molecule has 1 amide bonds. The van der Waals surface area contributed by atoms with E-state index in [4.69, 9.17) is 11.6 Å². The summed E-state index contributed by atoms with van der Waals surface area (Å²) in [6.45, 7) is 0. The van der Waals surface area contributed by atoms with E-state index < -0.39 is 0 Å². The molecule has 1 fully saturated rings. The molecule has 3 nitrogen and oxygen atoms in total. The van der Waals surface area contributed by atoms with Gasteiger partial charge in [0.15, 0.2) is 0 Å². The average molecular weight is 225 g/mol. The minimum absolute atomic E-state index is 0.0985. The van der Waals surface area contributed by atoms with Gasteiger partial charge in [-0.25, -0.2) is 4.98 Å². The summed E-state index contributed by atoms with van der Waals surface area (Å²) in [5.74, 6) is -0.0985. The van der Waals surface area contributed by atoms with E-state index in [9.17, 15) is 4.79 Å². The van der Waals surface area contributed by atoms with Crippen LogP contribution in [0.4, 0.5) is 0 Å². The molecule has 2 rings (SSSR count). The topological polar surface area (TPSA) is 42.0 Å². The van der Waals surface area contributed by atoms with Gasteiger partial charge in [-0.05, 0) is 25.0 Å². The fourth-order valence-electron chi connectivity index (χ4n) is 1.84. The molecule has 80 valence electrons. The van der Waals surface area contributed by atoms with Gasteiger partial charge in [0.1, 0.15) is 5.69 Å². The third kappa shape index (κ3) is 2.69. The molecule has 1 N–H and O–H groups in total. The van der Waals surface area contributed by atoms with Crippen molar-refractivity contribution >= 4 is 17.5 Å². The summed E-state index contributed by atoms with van der Waals surface area (Å²) >= 11 is 5.69. The molecule has 4 heteroatoms. The number of hydrogen-bond acceptors (Lipinski definition) is 2. The van der Waals surface area contributed by atoms with Crippen LogP contribution in [0, 0.1) is 0 Å². The van der Waals surface area contributed by atoms with Crippen LogP contribution in [0.5, 0.6) is 0 Å². The van der Waals surface area contributed by atoms with E-state index in [1.807, 2.05) is 0 Å². The van der Waals surface area contributed by atoms with Gasteiger partial charge in [0.05, 0.1) is 5.02 Å². The Morgan fingerprint density at radius 1 is 1.40 bits per heavy atom. The molecule has 0 unspecified atom stereocenters. The van der Waals surface area contributed by atoms with Gasteiger partial charge in [-0.3, -0.25) is 4.79 Å². The molecule has 1 aliphatic carbocycles. The third-order valence-corrected chi connectivity index (χ3v) is 2.87. The fraction of sp³-hybridized carbons (Fsp3) is 0.455. The van der Waals surface area contributed by atoms with Gasteiger partial charge in [-0.2, -0.15) is 0 Å². The van der Waals surface area contributed by atoms with E-state index in [0.717, 1.165) is 12.8 Å². The number of pyridine rings is 1. The van der Waals surface area contributed by atoms with Gasteiger partial charge in [0.2, 0.25) is 0 Å². The second-order valence-corrected chi connectivity index (χ2v) is 4.25. The van der Waals surface area contributed by atoms with Gasteiger partial charge >= 0.3 is 0 Å². The molecule has 0 spiro atoms. The van der Waals surface area contributed by atoms with Crippen LogP contribution in [0.25, 0.3) is 0 Å². The molecule has 1 saturated carbocycles. The number of carbonyl (C=O) groups is 1. The van der Waals surface area contributed by atoms with Gasteiger partial charge in [0.25, 0.3) is 5.91 Å². The maximum Gasteiger partial charge on any atom is 0.270 e. The van der Waals surface area contributed by atoms with E-state index in [-0.39, 0.29) is 5.91 Å². The van der Waals surface area contributed by atoms with Gasteiger partial charge < -0.3 is 5.32 Å². The first kappa shape index (κ1) is 10.4. The Balaban J connectivity index is 1.98. The zero-order valence-electron chi connectivity index (χ0n) is 8.37. The molecule has 1 aliphatic rings. The first-order valence-corrected chi connectivity index (χ1v) is 5.56. The molecular formula is C11H13ClN2O. The van der Waals surface area contributed by atoms with Crippen molar-refractivity contribution in [2.75, 3.05) is 0 Å². The van der Waals surface area contributed by atoms with Crippen molar-refractivity contribution in [2.45, 2.75) is 31.7 Å². The third-order valence-electron chi connectivity index (χ3n) is 2.65. The van der Waals surface area contributed by atoms with Crippen LogP contribution in [0.3, 0.4) is 0 Å². The van der Waals surface area contributed by atoms with E-state index in [1.54, 1.807) is 12.1 Å². The molecule has 1 aromatic heterocycles. The van der Waals surface area contributed by atoms with Crippen LogP contribution in [-0.4, -0.2) is 16.9 Å². The minimum Gasteiger partial charge on any atom is -0.348 e. The Morgan fingerprint density at radius 3 is 2.73 bits per heavy atom. The summed E-state index contributed by atoms with van der Waals surface area (Å²) in [6.07, 6.45) is 6.07. The van der Waals surface area contributed by atoms with Crippen molar-refractivity contribution in [1.82, 2.24) is 10.3 Å². The van der Waals surface area contributed by atoms with Crippen LogP contribution in [-0.2, 0) is 0 Å². The Bertz CT molecular complexity index is 344. The fourth-order valence-corrected chi connectivity index (χ4v) is 1.95. The van der Waals surface area contributed by atoms with Crippen LogP contribution >= 0.6 is 11.6 Å². The van der Waals surface area contributed by atoms with Crippen LogP contribution in [0.2, 0.25) is 5.02 Å². The summed E-state index contributed by atoms with van der Waals surface area (Å²) in [5.41, 5.74) is 0.436. The highest BCUT2D eigenvalue weighted by Gasteiger charge is 2.18. The standard InChI is InChI=1S/C11H13ClN2O/c12-8-5-6-10(13-7-8)11(15)14-9-3-1-2-4-9/h5-7,9H,1-4H2,(H,14,15). The molecule has 0 saturated heterocycles. The Hall–Kier alpha value is -1.09. The number of amides is 1. The molecule has 1 heterocycles. The molecule has 0 bridgehead atoms. The van der Waals surface area contributed by atoms with Crippen LogP contribution in [0.1, 0.15) is 36.2 Å². The average Bonchev–Trinajstić information content (AvgIpc) is 2.71. The van der Waals surface area contributed by atoms with Crippen molar-refractivity contribution in [3.05, 3.63) is 29.0 Å². The van der Waals surface area contributed by atoms with Crippen LogP contribution < -0.4 is 5.32 Å². The summed E-state index contributed by atoms with van der Waals surface area (Å²) in [6, 6.07) is 3.65. The van der Waals surface area contributed by atoms with E-state index in [2.05, 4.69) is 10.3 Å². The highest BCUT2D eigenvalue weighted by atomic mass is 35.5. The monoisotopic (exact) mass is 224 g/mol. The summed E-state index contributed by atoms with van der Waals surface area (Å²) in [7, 11) is 0. The molecule has 15 heavy (non-hydrogen) atoms. The second kappa shape index (κ2) is 4.62. The number of halogens is 1. The lowest BCUT2D eigenvalue weighted by Crippen LogP contribution is -2.33. The maximum absolute atomic E-state index is 11.7. The highest BCUT2D eigenvalue weighted by Crippen LogP contribution is 2.18. The first-order chi connectivity index (χ1) is 7.25. The lowest BCUT2D eigenvalue weighted by atomic mass is 10.2. The molecular weight excluding hydrogens is 212 g/mol. The summed E-state index contributed by atoms with van der Waals surface area (Å²) in [4.78, 5) is 15.7. The van der Waals surface area contributed by atoms with Gasteiger partial charge in [0, 0.05) is 12.2 Å². The Kier molecular flexibility index (Phi) is 3.21. The van der Waals surface area contributed by atoms with E-state index in [1.165, 1.54) is 19.0 Å². The number of nitrogens with one attached hydrogen (secondary N) is 1.